The molecule has 29 heavy (non-hydrogen) atoms. The van der Waals surface area contributed by atoms with E-state index in [1.54, 1.807) is 24.1 Å². The van der Waals surface area contributed by atoms with Gasteiger partial charge in [-0.25, -0.2) is 0 Å². The summed E-state index contributed by atoms with van der Waals surface area (Å²) >= 11 is 6.09. The van der Waals surface area contributed by atoms with Crippen molar-refractivity contribution in [3.8, 4) is 0 Å². The largest absolute Gasteiger partial charge is 0.334 e. The maximum absolute atomic E-state index is 13.1. The van der Waals surface area contributed by atoms with Crippen molar-refractivity contribution in [2.24, 2.45) is 5.92 Å². The van der Waals surface area contributed by atoms with Crippen LogP contribution in [0.3, 0.4) is 0 Å². The lowest BCUT2D eigenvalue weighted by molar-refractivity contribution is -0.135. The third kappa shape index (κ3) is 6.31. The van der Waals surface area contributed by atoms with Gasteiger partial charge in [0, 0.05) is 12.6 Å². The summed E-state index contributed by atoms with van der Waals surface area (Å²) in [5.74, 6) is 0.427. The van der Waals surface area contributed by atoms with Gasteiger partial charge in [-0.3, -0.25) is 14.5 Å². The lowest BCUT2D eigenvalue weighted by Gasteiger charge is -2.31. The standard InChI is InChI=1S/C23H28ClN3O2/c1-17(19-12-13-19)27(14-18-8-4-3-5-9-18)23(29)16-26(2)15-22(28)25-21-11-7-6-10-20(21)24/h3-11,17,19H,12-16H2,1-2H3,(H,25,28)/t17-/m1/s1. The van der Waals surface area contributed by atoms with Gasteiger partial charge in [0.1, 0.15) is 0 Å². The number of halogens is 1. The van der Waals surface area contributed by atoms with Gasteiger partial charge in [-0.05, 0) is 50.4 Å². The van der Waals surface area contributed by atoms with E-state index in [1.165, 1.54) is 12.8 Å². The van der Waals surface area contributed by atoms with E-state index >= 15 is 0 Å². The molecule has 0 aliphatic heterocycles. The summed E-state index contributed by atoms with van der Waals surface area (Å²) in [5, 5.41) is 3.29. The first kappa shape index (κ1) is 21.3. The van der Waals surface area contributed by atoms with Crippen molar-refractivity contribution in [2.45, 2.75) is 32.4 Å². The van der Waals surface area contributed by atoms with Crippen molar-refractivity contribution in [3.63, 3.8) is 0 Å². The van der Waals surface area contributed by atoms with Gasteiger partial charge < -0.3 is 10.2 Å². The van der Waals surface area contributed by atoms with Crippen molar-refractivity contribution in [3.05, 3.63) is 65.2 Å². The van der Waals surface area contributed by atoms with E-state index in [-0.39, 0.29) is 30.9 Å². The van der Waals surface area contributed by atoms with E-state index in [9.17, 15) is 9.59 Å². The molecule has 2 amide bonds. The van der Waals surface area contributed by atoms with Gasteiger partial charge >= 0.3 is 0 Å². The van der Waals surface area contributed by atoms with E-state index in [0.717, 1.165) is 5.56 Å². The molecular formula is C23H28ClN3O2. The highest BCUT2D eigenvalue weighted by molar-refractivity contribution is 6.33. The van der Waals surface area contributed by atoms with Crippen molar-refractivity contribution >= 4 is 29.1 Å². The fraction of sp³-hybridized carbons (Fsp3) is 0.391. The molecule has 0 spiro atoms. The molecule has 0 unspecified atom stereocenters. The maximum atomic E-state index is 13.1. The molecule has 0 bridgehead atoms. The number of carbonyl (C=O) groups is 2. The van der Waals surface area contributed by atoms with Crippen LogP contribution in [0, 0.1) is 5.92 Å². The average molecular weight is 414 g/mol. The van der Waals surface area contributed by atoms with Crippen LogP contribution >= 0.6 is 11.6 Å². The van der Waals surface area contributed by atoms with Crippen LogP contribution in [0.25, 0.3) is 0 Å². The molecule has 1 aliphatic rings. The third-order valence-electron chi connectivity index (χ3n) is 5.28. The van der Waals surface area contributed by atoms with Crippen LogP contribution < -0.4 is 5.32 Å². The van der Waals surface area contributed by atoms with Crippen LogP contribution in [0.1, 0.15) is 25.3 Å². The first-order valence-corrected chi connectivity index (χ1v) is 10.4. The minimum absolute atomic E-state index is 0.0429. The van der Waals surface area contributed by atoms with Gasteiger partial charge in [-0.1, -0.05) is 54.1 Å². The zero-order valence-electron chi connectivity index (χ0n) is 17.0. The number of amides is 2. The van der Waals surface area contributed by atoms with Crippen LogP contribution in [0.15, 0.2) is 54.6 Å². The number of nitrogens with zero attached hydrogens (tertiary/aromatic N) is 2. The minimum atomic E-state index is -0.196. The van der Waals surface area contributed by atoms with E-state index < -0.39 is 0 Å². The number of likely N-dealkylation sites (N-methyl/N-ethyl adjacent to an activating group) is 1. The molecule has 0 saturated heterocycles. The highest BCUT2D eigenvalue weighted by Crippen LogP contribution is 2.35. The third-order valence-corrected chi connectivity index (χ3v) is 5.61. The predicted octanol–water partition coefficient (Wildman–Crippen LogP) is 4.04. The molecule has 3 rings (SSSR count). The smallest absolute Gasteiger partial charge is 0.238 e. The fourth-order valence-electron chi connectivity index (χ4n) is 3.45. The van der Waals surface area contributed by atoms with E-state index in [0.29, 0.717) is 23.2 Å². The number of hydrogen-bond donors (Lipinski definition) is 1. The lowest BCUT2D eigenvalue weighted by Crippen LogP contribution is -2.45. The second-order valence-corrected chi connectivity index (χ2v) is 8.19. The summed E-state index contributed by atoms with van der Waals surface area (Å²) in [4.78, 5) is 29.1. The molecule has 1 atom stereocenters. The Morgan fingerprint density at radius 3 is 2.38 bits per heavy atom. The van der Waals surface area contributed by atoms with Crippen LogP contribution in [-0.4, -0.2) is 47.8 Å². The fourth-order valence-corrected chi connectivity index (χ4v) is 3.63. The Kier molecular flexibility index (Phi) is 7.29. The molecular weight excluding hydrogens is 386 g/mol. The van der Waals surface area contributed by atoms with Crippen molar-refractivity contribution in [1.82, 2.24) is 9.80 Å². The van der Waals surface area contributed by atoms with Crippen molar-refractivity contribution < 1.29 is 9.59 Å². The Bertz CT molecular complexity index is 839. The maximum Gasteiger partial charge on any atom is 0.238 e. The summed E-state index contributed by atoms with van der Waals surface area (Å²) in [6.07, 6.45) is 2.35. The number of benzene rings is 2. The topological polar surface area (TPSA) is 52.7 Å². The molecule has 1 N–H and O–H groups in total. The molecule has 5 nitrogen and oxygen atoms in total. The van der Waals surface area contributed by atoms with E-state index in [4.69, 9.17) is 11.6 Å². The Morgan fingerprint density at radius 1 is 1.07 bits per heavy atom. The average Bonchev–Trinajstić information content (AvgIpc) is 3.53. The van der Waals surface area contributed by atoms with Crippen LogP contribution in [0.2, 0.25) is 5.02 Å². The van der Waals surface area contributed by atoms with Gasteiger partial charge in [0.15, 0.2) is 0 Å². The Hall–Kier alpha value is -2.37. The molecule has 0 radical (unpaired) electrons. The summed E-state index contributed by atoms with van der Waals surface area (Å²) < 4.78 is 0. The Balaban J connectivity index is 1.57. The van der Waals surface area contributed by atoms with E-state index in [1.807, 2.05) is 47.4 Å². The number of nitrogens with one attached hydrogen (secondary N) is 1. The second kappa shape index (κ2) is 9.90. The highest BCUT2D eigenvalue weighted by Gasteiger charge is 2.34. The Morgan fingerprint density at radius 2 is 1.72 bits per heavy atom. The van der Waals surface area contributed by atoms with E-state index in [2.05, 4.69) is 12.2 Å². The number of anilines is 1. The molecule has 1 aliphatic carbocycles. The van der Waals surface area contributed by atoms with Crippen molar-refractivity contribution in [1.29, 1.82) is 0 Å². The first-order chi connectivity index (χ1) is 13.9. The first-order valence-electron chi connectivity index (χ1n) is 10.0. The monoisotopic (exact) mass is 413 g/mol. The predicted molar refractivity (Wildman–Crippen MR) is 117 cm³/mol. The number of rotatable bonds is 9. The molecule has 0 aromatic heterocycles. The summed E-state index contributed by atoms with van der Waals surface area (Å²) in [6, 6.07) is 17.4. The van der Waals surface area contributed by atoms with Crippen LogP contribution in [0.5, 0.6) is 0 Å². The Labute approximate surface area is 177 Å². The molecule has 1 saturated carbocycles. The zero-order valence-corrected chi connectivity index (χ0v) is 17.7. The molecule has 1 fully saturated rings. The quantitative estimate of drug-likeness (QED) is 0.675. The van der Waals surface area contributed by atoms with Gasteiger partial charge in [-0.15, -0.1) is 0 Å². The van der Waals surface area contributed by atoms with Gasteiger partial charge in [0.2, 0.25) is 11.8 Å². The second-order valence-electron chi connectivity index (χ2n) is 7.79. The molecule has 0 heterocycles. The molecule has 2 aromatic carbocycles. The normalized spacial score (nSPS) is 14.5. The van der Waals surface area contributed by atoms with Crippen LogP contribution in [0.4, 0.5) is 5.69 Å². The summed E-state index contributed by atoms with van der Waals surface area (Å²) in [6.45, 7) is 3.04. The van der Waals surface area contributed by atoms with Gasteiger partial charge in [0.25, 0.3) is 0 Å². The zero-order chi connectivity index (χ0) is 20.8. The number of hydrogen-bond acceptors (Lipinski definition) is 3. The van der Waals surface area contributed by atoms with Gasteiger partial charge in [0.05, 0.1) is 23.8 Å². The molecule has 6 heteroatoms. The number of para-hydroxylation sites is 1. The molecule has 2 aromatic rings. The molecule has 154 valence electrons. The highest BCUT2D eigenvalue weighted by atomic mass is 35.5. The lowest BCUT2D eigenvalue weighted by atomic mass is 10.1. The van der Waals surface area contributed by atoms with Crippen molar-refractivity contribution in [2.75, 3.05) is 25.5 Å². The van der Waals surface area contributed by atoms with Gasteiger partial charge in [-0.2, -0.15) is 0 Å². The van der Waals surface area contributed by atoms with Crippen LogP contribution in [-0.2, 0) is 16.1 Å². The SMILES string of the molecule is C[C@H](C1CC1)N(Cc1ccccc1)C(=O)CN(C)CC(=O)Nc1ccccc1Cl. The minimum Gasteiger partial charge on any atom is -0.334 e. The number of carbonyl (C=O) groups excluding carboxylic acids is 2. The summed E-state index contributed by atoms with van der Waals surface area (Å²) in [5.41, 5.74) is 1.69. The summed E-state index contributed by atoms with van der Waals surface area (Å²) in [7, 11) is 1.78.